The highest BCUT2D eigenvalue weighted by Gasteiger charge is 2.22. The lowest BCUT2D eigenvalue weighted by Gasteiger charge is -2.14. The van der Waals surface area contributed by atoms with Crippen molar-refractivity contribution >= 4 is 50.8 Å². The molecule has 0 spiro atoms. The predicted molar refractivity (Wildman–Crippen MR) is 123 cm³/mol. The van der Waals surface area contributed by atoms with Gasteiger partial charge in [0.1, 0.15) is 4.88 Å². The number of aromatic nitrogens is 2. The number of carbonyl (C=O) groups excluding carboxylic acids is 2. The summed E-state index contributed by atoms with van der Waals surface area (Å²) < 4.78 is 4.77. The minimum absolute atomic E-state index is 0.323. The van der Waals surface area contributed by atoms with Crippen LogP contribution in [0.5, 0.6) is 0 Å². The van der Waals surface area contributed by atoms with Crippen molar-refractivity contribution in [3.8, 4) is 11.3 Å². The molecule has 0 bridgehead atoms. The summed E-state index contributed by atoms with van der Waals surface area (Å²) in [5.41, 5.74) is 4.01. The highest BCUT2D eigenvalue weighted by Crippen LogP contribution is 2.31. The number of carbonyl (C=O) groups is 2. The highest BCUT2D eigenvalue weighted by atomic mass is 35.5. The van der Waals surface area contributed by atoms with Gasteiger partial charge in [-0.05, 0) is 37.6 Å². The molecule has 2 aromatic heterocycles. The van der Waals surface area contributed by atoms with Gasteiger partial charge in [-0.25, -0.2) is 14.8 Å². The van der Waals surface area contributed by atoms with E-state index in [2.05, 4.69) is 10.3 Å². The van der Waals surface area contributed by atoms with Crippen molar-refractivity contribution in [3.05, 3.63) is 75.3 Å². The monoisotopic (exact) mass is 451 g/mol. The number of para-hydroxylation sites is 1. The van der Waals surface area contributed by atoms with E-state index in [1.165, 1.54) is 7.11 Å². The first-order chi connectivity index (χ1) is 14.9. The van der Waals surface area contributed by atoms with E-state index < -0.39 is 5.97 Å². The zero-order valence-electron chi connectivity index (χ0n) is 17.0. The van der Waals surface area contributed by atoms with Gasteiger partial charge in [-0.2, -0.15) is 0 Å². The molecule has 6 nitrogen and oxygen atoms in total. The standard InChI is InChI=1S/C23H18ClN3O3S/c1-12-18(21(28)27-23-25-13(2)20(31-23)22(29)30-3)16-6-4-5-7-17(16)26-19(12)14-8-10-15(24)11-9-14/h4-11H,1-3H3,(H,25,27,28). The second-order valence-electron chi connectivity index (χ2n) is 6.86. The molecule has 0 aliphatic rings. The van der Waals surface area contributed by atoms with Crippen LogP contribution in [0.2, 0.25) is 5.02 Å². The van der Waals surface area contributed by atoms with Crippen molar-refractivity contribution in [2.24, 2.45) is 0 Å². The maximum absolute atomic E-state index is 13.3. The Morgan fingerprint density at radius 1 is 1.03 bits per heavy atom. The molecule has 0 fully saturated rings. The first-order valence-electron chi connectivity index (χ1n) is 9.41. The Morgan fingerprint density at radius 3 is 2.45 bits per heavy atom. The Balaban J connectivity index is 1.81. The fourth-order valence-electron chi connectivity index (χ4n) is 3.38. The van der Waals surface area contributed by atoms with Crippen LogP contribution in [0.25, 0.3) is 22.2 Å². The van der Waals surface area contributed by atoms with Crippen LogP contribution in [0.4, 0.5) is 5.13 Å². The Morgan fingerprint density at radius 2 is 1.74 bits per heavy atom. The summed E-state index contributed by atoms with van der Waals surface area (Å²) in [6, 6.07) is 14.8. The molecule has 0 aliphatic carbocycles. The van der Waals surface area contributed by atoms with Gasteiger partial charge in [0.2, 0.25) is 0 Å². The number of nitrogens with zero attached hydrogens (tertiary/aromatic N) is 2. The molecule has 8 heteroatoms. The number of fused-ring (bicyclic) bond motifs is 1. The number of pyridine rings is 1. The van der Waals surface area contributed by atoms with Crippen molar-refractivity contribution in [2.45, 2.75) is 13.8 Å². The van der Waals surface area contributed by atoms with E-state index in [1.807, 2.05) is 43.3 Å². The number of amides is 1. The van der Waals surface area contributed by atoms with Crippen LogP contribution in [0.3, 0.4) is 0 Å². The molecule has 0 radical (unpaired) electrons. The molecule has 0 atom stereocenters. The van der Waals surface area contributed by atoms with E-state index in [9.17, 15) is 9.59 Å². The molecular formula is C23H18ClN3O3S. The number of ether oxygens (including phenoxy) is 1. The van der Waals surface area contributed by atoms with E-state index in [0.29, 0.717) is 37.5 Å². The molecule has 0 aliphatic heterocycles. The topological polar surface area (TPSA) is 81.2 Å². The SMILES string of the molecule is COC(=O)c1sc(NC(=O)c2c(C)c(-c3ccc(Cl)cc3)nc3ccccc23)nc1C. The Hall–Kier alpha value is -3.29. The van der Waals surface area contributed by atoms with Crippen LogP contribution in [-0.2, 0) is 4.74 Å². The minimum Gasteiger partial charge on any atom is -0.465 e. The number of aryl methyl sites for hydroxylation is 1. The smallest absolute Gasteiger partial charge is 0.350 e. The molecular weight excluding hydrogens is 434 g/mol. The predicted octanol–water partition coefficient (Wildman–Crippen LogP) is 5.67. The number of halogens is 1. The van der Waals surface area contributed by atoms with Crippen LogP contribution in [0, 0.1) is 13.8 Å². The first-order valence-corrected chi connectivity index (χ1v) is 10.6. The van der Waals surface area contributed by atoms with Crippen LogP contribution in [0.1, 0.15) is 31.3 Å². The van der Waals surface area contributed by atoms with Crippen molar-refractivity contribution in [3.63, 3.8) is 0 Å². The van der Waals surface area contributed by atoms with Gasteiger partial charge in [-0.15, -0.1) is 0 Å². The lowest BCUT2D eigenvalue weighted by molar-refractivity contribution is 0.0605. The lowest BCUT2D eigenvalue weighted by Crippen LogP contribution is -2.15. The van der Waals surface area contributed by atoms with Crippen LogP contribution < -0.4 is 5.32 Å². The number of esters is 1. The summed E-state index contributed by atoms with van der Waals surface area (Å²) in [4.78, 5) is 34.7. The number of benzene rings is 2. The van der Waals surface area contributed by atoms with Gasteiger partial charge in [0.05, 0.1) is 29.6 Å². The number of thiazole rings is 1. The molecule has 0 saturated heterocycles. The zero-order valence-corrected chi connectivity index (χ0v) is 18.6. The number of nitrogens with one attached hydrogen (secondary N) is 1. The number of anilines is 1. The molecule has 1 N–H and O–H groups in total. The van der Waals surface area contributed by atoms with Gasteiger partial charge in [0, 0.05) is 16.0 Å². The second kappa shape index (κ2) is 8.45. The third-order valence-corrected chi connectivity index (χ3v) is 6.17. The fourth-order valence-corrected chi connectivity index (χ4v) is 4.39. The average Bonchev–Trinajstić information content (AvgIpc) is 3.13. The summed E-state index contributed by atoms with van der Waals surface area (Å²) in [6.07, 6.45) is 0. The summed E-state index contributed by atoms with van der Waals surface area (Å²) in [7, 11) is 1.31. The number of hydrogen-bond acceptors (Lipinski definition) is 6. The Labute approximate surface area is 187 Å². The molecule has 31 heavy (non-hydrogen) atoms. The summed E-state index contributed by atoms with van der Waals surface area (Å²) in [5, 5.41) is 4.52. The molecule has 4 aromatic rings. The largest absolute Gasteiger partial charge is 0.465 e. The van der Waals surface area contributed by atoms with Crippen molar-refractivity contribution in [1.82, 2.24) is 9.97 Å². The third kappa shape index (κ3) is 4.02. The van der Waals surface area contributed by atoms with Crippen LogP contribution >= 0.6 is 22.9 Å². The highest BCUT2D eigenvalue weighted by molar-refractivity contribution is 7.17. The van der Waals surface area contributed by atoms with Gasteiger partial charge < -0.3 is 4.74 Å². The van der Waals surface area contributed by atoms with Crippen molar-refractivity contribution in [2.75, 3.05) is 12.4 Å². The van der Waals surface area contributed by atoms with Crippen LogP contribution in [0.15, 0.2) is 48.5 Å². The van der Waals surface area contributed by atoms with E-state index in [0.717, 1.165) is 27.8 Å². The van der Waals surface area contributed by atoms with Crippen molar-refractivity contribution < 1.29 is 14.3 Å². The van der Waals surface area contributed by atoms with Gasteiger partial charge in [0.25, 0.3) is 5.91 Å². The number of hydrogen-bond donors (Lipinski definition) is 1. The minimum atomic E-state index is -0.480. The summed E-state index contributed by atoms with van der Waals surface area (Å²) >= 11 is 7.11. The van der Waals surface area contributed by atoms with E-state index in [1.54, 1.807) is 19.1 Å². The third-order valence-electron chi connectivity index (χ3n) is 4.87. The average molecular weight is 452 g/mol. The lowest BCUT2D eigenvalue weighted by atomic mass is 9.97. The maximum Gasteiger partial charge on any atom is 0.350 e. The molecule has 4 rings (SSSR count). The van der Waals surface area contributed by atoms with E-state index in [4.69, 9.17) is 21.3 Å². The van der Waals surface area contributed by atoms with E-state index >= 15 is 0 Å². The van der Waals surface area contributed by atoms with Gasteiger partial charge >= 0.3 is 5.97 Å². The second-order valence-corrected chi connectivity index (χ2v) is 8.30. The number of rotatable bonds is 4. The molecule has 2 aromatic carbocycles. The molecule has 2 heterocycles. The van der Waals surface area contributed by atoms with Crippen LogP contribution in [-0.4, -0.2) is 29.0 Å². The number of methoxy groups -OCH3 is 1. The molecule has 1 amide bonds. The van der Waals surface area contributed by atoms with E-state index in [-0.39, 0.29) is 5.91 Å². The normalized spacial score (nSPS) is 10.8. The quantitative estimate of drug-likeness (QED) is 0.404. The first kappa shape index (κ1) is 21.0. The van der Waals surface area contributed by atoms with Crippen molar-refractivity contribution in [1.29, 1.82) is 0 Å². The molecule has 0 saturated carbocycles. The maximum atomic E-state index is 13.3. The Kier molecular flexibility index (Phi) is 5.71. The summed E-state index contributed by atoms with van der Waals surface area (Å²) in [5.74, 6) is -0.803. The molecule has 0 unspecified atom stereocenters. The Bertz CT molecular complexity index is 1320. The zero-order chi connectivity index (χ0) is 22.1. The summed E-state index contributed by atoms with van der Waals surface area (Å²) in [6.45, 7) is 3.56. The fraction of sp³-hybridized carbons (Fsp3) is 0.130. The molecule has 156 valence electrons. The van der Waals surface area contributed by atoms with Gasteiger partial charge in [-0.1, -0.05) is 53.3 Å². The van der Waals surface area contributed by atoms with Gasteiger partial charge in [0.15, 0.2) is 5.13 Å². The van der Waals surface area contributed by atoms with Gasteiger partial charge in [-0.3, -0.25) is 10.1 Å².